The van der Waals surface area contributed by atoms with Crippen LogP contribution in [0.15, 0.2) is 24.4 Å². The minimum absolute atomic E-state index is 0.598. The number of aromatic nitrogens is 1. The summed E-state index contributed by atoms with van der Waals surface area (Å²) in [5.74, 6) is 0. The van der Waals surface area contributed by atoms with E-state index in [-0.39, 0.29) is 0 Å². The van der Waals surface area contributed by atoms with E-state index >= 15 is 0 Å². The molecule has 0 aliphatic rings. The van der Waals surface area contributed by atoms with Crippen molar-refractivity contribution in [3.8, 4) is 0 Å². The van der Waals surface area contributed by atoms with Crippen LogP contribution in [0.3, 0.4) is 0 Å². The molecule has 1 aromatic rings. The monoisotopic (exact) mass is 149 g/mol. The molecule has 0 atom stereocenters. The van der Waals surface area contributed by atoms with Crippen molar-refractivity contribution >= 4 is 6.41 Å². The Morgan fingerprint density at radius 2 is 2.45 bits per heavy atom. The van der Waals surface area contributed by atoms with E-state index in [1.165, 1.54) is 0 Å². The highest BCUT2D eigenvalue weighted by molar-refractivity contribution is 5.46. The van der Waals surface area contributed by atoms with Crippen LogP contribution in [0.4, 0.5) is 0 Å². The van der Waals surface area contributed by atoms with Crippen molar-refractivity contribution in [2.45, 2.75) is 6.42 Å². The maximum atomic E-state index is 9.74. The summed E-state index contributed by atoms with van der Waals surface area (Å²) in [6.45, 7) is 0.598. The molecule has 3 heteroatoms. The van der Waals surface area contributed by atoms with E-state index in [9.17, 15) is 4.79 Å². The number of amides is 1. The van der Waals surface area contributed by atoms with Gasteiger partial charge in [-0.3, -0.25) is 9.78 Å². The fraction of sp³-hybridized carbons (Fsp3) is 0.250. The third-order valence-electron chi connectivity index (χ3n) is 1.30. The van der Waals surface area contributed by atoms with Gasteiger partial charge in [0.05, 0.1) is 0 Å². The quantitative estimate of drug-likeness (QED) is 0.493. The predicted octanol–water partition coefficient (Wildman–Crippen LogP) is 0.281. The third-order valence-corrected chi connectivity index (χ3v) is 1.30. The normalized spacial score (nSPS) is 9.09. The van der Waals surface area contributed by atoms with Gasteiger partial charge in [-0.1, -0.05) is 6.07 Å². The van der Waals surface area contributed by atoms with E-state index in [1.807, 2.05) is 18.2 Å². The first kappa shape index (κ1) is 7.72. The van der Waals surface area contributed by atoms with E-state index in [4.69, 9.17) is 0 Å². The Morgan fingerprint density at radius 1 is 1.55 bits per heavy atom. The first-order chi connectivity index (χ1) is 5.43. The predicted molar refractivity (Wildman–Crippen MR) is 41.6 cm³/mol. The molecule has 0 aromatic carbocycles. The summed E-state index contributed by atoms with van der Waals surface area (Å²) in [5.41, 5.74) is 0.982. The highest BCUT2D eigenvalue weighted by Gasteiger charge is 1.90. The number of hydrogen-bond donors (Lipinski definition) is 1. The lowest BCUT2D eigenvalue weighted by Gasteiger charge is -1.96. The summed E-state index contributed by atoms with van der Waals surface area (Å²) < 4.78 is 0. The van der Waals surface area contributed by atoms with Gasteiger partial charge in [0.15, 0.2) is 0 Å². The second-order valence-corrected chi connectivity index (χ2v) is 2.10. The fourth-order valence-corrected chi connectivity index (χ4v) is 0.788. The third kappa shape index (κ3) is 2.80. The van der Waals surface area contributed by atoms with Gasteiger partial charge in [-0.25, -0.2) is 0 Å². The van der Waals surface area contributed by atoms with Gasteiger partial charge in [-0.05, 0) is 12.1 Å². The number of pyridine rings is 1. The molecule has 0 aliphatic heterocycles. The number of nitrogens with one attached hydrogen (secondary N) is 1. The second-order valence-electron chi connectivity index (χ2n) is 2.10. The molecule has 1 amide bonds. The van der Waals surface area contributed by atoms with Crippen LogP contribution in [-0.2, 0) is 11.2 Å². The van der Waals surface area contributed by atoms with Crippen molar-refractivity contribution in [1.29, 1.82) is 0 Å². The minimum atomic E-state index is 0.598. The average molecular weight is 149 g/mol. The van der Waals surface area contributed by atoms with Crippen molar-refractivity contribution in [2.24, 2.45) is 0 Å². The number of carbonyl (C=O) groups excluding carboxylic acids is 1. The van der Waals surface area contributed by atoms with Gasteiger partial charge in [0.1, 0.15) is 0 Å². The van der Waals surface area contributed by atoms with Crippen LogP contribution in [0, 0.1) is 0 Å². The van der Waals surface area contributed by atoms with Crippen LogP contribution in [0.1, 0.15) is 5.69 Å². The fourth-order valence-electron chi connectivity index (χ4n) is 0.788. The largest absolute Gasteiger partial charge is 0.347 e. The zero-order valence-corrected chi connectivity index (χ0v) is 6.08. The van der Waals surface area contributed by atoms with Crippen molar-refractivity contribution < 1.29 is 4.79 Å². The number of nitrogens with zero attached hydrogens (tertiary/aromatic N) is 1. The SMILES string of the molecule is O=[C]NCCc1ccccn1. The van der Waals surface area contributed by atoms with Crippen LogP contribution in [0.5, 0.6) is 0 Å². The van der Waals surface area contributed by atoms with Crippen LogP contribution in [0.25, 0.3) is 0 Å². The lowest BCUT2D eigenvalue weighted by Crippen LogP contribution is -2.14. The first-order valence-corrected chi connectivity index (χ1v) is 3.43. The maximum absolute atomic E-state index is 9.74. The van der Waals surface area contributed by atoms with E-state index in [0.29, 0.717) is 6.54 Å². The zero-order chi connectivity index (χ0) is 7.94. The molecule has 0 saturated carbocycles. The topological polar surface area (TPSA) is 42.0 Å². The lowest BCUT2D eigenvalue weighted by molar-refractivity contribution is 0.542. The van der Waals surface area contributed by atoms with E-state index < -0.39 is 0 Å². The Balaban J connectivity index is 2.33. The van der Waals surface area contributed by atoms with Crippen LogP contribution in [0.2, 0.25) is 0 Å². The Bertz CT molecular complexity index is 211. The van der Waals surface area contributed by atoms with Gasteiger partial charge in [0.2, 0.25) is 0 Å². The Morgan fingerprint density at radius 3 is 3.09 bits per heavy atom. The molecule has 3 nitrogen and oxygen atoms in total. The molecule has 1 N–H and O–H groups in total. The molecule has 11 heavy (non-hydrogen) atoms. The van der Waals surface area contributed by atoms with Crippen molar-refractivity contribution in [2.75, 3.05) is 6.54 Å². The molecule has 1 heterocycles. The van der Waals surface area contributed by atoms with Gasteiger partial charge >= 0.3 is 6.41 Å². The maximum Gasteiger partial charge on any atom is 0.309 e. The number of hydrogen-bond acceptors (Lipinski definition) is 2. The van der Waals surface area contributed by atoms with Crippen molar-refractivity contribution in [3.63, 3.8) is 0 Å². The highest BCUT2D eigenvalue weighted by Crippen LogP contribution is 1.92. The summed E-state index contributed by atoms with van der Waals surface area (Å²) in [6, 6.07) is 5.71. The summed E-state index contributed by atoms with van der Waals surface area (Å²) in [5, 5.41) is 2.45. The van der Waals surface area contributed by atoms with E-state index in [1.54, 1.807) is 12.6 Å². The first-order valence-electron chi connectivity index (χ1n) is 3.43. The lowest BCUT2D eigenvalue weighted by atomic mass is 10.3. The summed E-state index contributed by atoms with van der Waals surface area (Å²) >= 11 is 0. The zero-order valence-electron chi connectivity index (χ0n) is 6.08. The molecule has 1 rings (SSSR count). The minimum Gasteiger partial charge on any atom is -0.347 e. The number of rotatable bonds is 4. The molecule has 0 saturated heterocycles. The van der Waals surface area contributed by atoms with Gasteiger partial charge in [-0.2, -0.15) is 0 Å². The Hall–Kier alpha value is -1.38. The molecule has 0 aliphatic carbocycles. The molecule has 0 fully saturated rings. The molecule has 0 unspecified atom stereocenters. The summed E-state index contributed by atoms with van der Waals surface area (Å²) in [4.78, 5) is 13.8. The van der Waals surface area contributed by atoms with Gasteiger partial charge < -0.3 is 5.32 Å². The van der Waals surface area contributed by atoms with Crippen molar-refractivity contribution in [3.05, 3.63) is 30.1 Å². The molecule has 1 radical (unpaired) electrons. The van der Waals surface area contributed by atoms with Crippen LogP contribution >= 0.6 is 0 Å². The van der Waals surface area contributed by atoms with E-state index in [2.05, 4.69) is 10.3 Å². The smallest absolute Gasteiger partial charge is 0.309 e. The van der Waals surface area contributed by atoms with Gasteiger partial charge in [0.25, 0.3) is 0 Å². The van der Waals surface area contributed by atoms with Gasteiger partial charge in [-0.15, -0.1) is 0 Å². The summed E-state index contributed by atoms with van der Waals surface area (Å²) in [6.07, 6.45) is 4.11. The molecular weight excluding hydrogens is 140 g/mol. The average Bonchev–Trinajstić information content (AvgIpc) is 2.07. The van der Waals surface area contributed by atoms with Crippen LogP contribution in [-0.4, -0.2) is 17.9 Å². The standard InChI is InChI=1S/C8H9N2O/c11-7-9-6-4-8-3-1-2-5-10-8/h1-3,5H,4,6H2,(H,9,11). The molecule has 57 valence electrons. The Labute approximate surface area is 65.5 Å². The Kier molecular flexibility index (Phi) is 3.12. The molecule has 0 bridgehead atoms. The second kappa shape index (κ2) is 4.44. The van der Waals surface area contributed by atoms with Crippen molar-refractivity contribution in [1.82, 2.24) is 10.3 Å². The van der Waals surface area contributed by atoms with Crippen LogP contribution < -0.4 is 5.32 Å². The van der Waals surface area contributed by atoms with E-state index in [0.717, 1.165) is 12.1 Å². The molecule has 0 spiro atoms. The van der Waals surface area contributed by atoms with Gasteiger partial charge in [0, 0.05) is 24.9 Å². The molecular formula is C8H9N2O. The summed E-state index contributed by atoms with van der Waals surface area (Å²) in [7, 11) is 0. The molecule has 1 aromatic heterocycles. The highest BCUT2D eigenvalue weighted by atomic mass is 16.1.